The first kappa shape index (κ1) is 14.8. The van der Waals surface area contributed by atoms with Gasteiger partial charge in [0.2, 0.25) is 0 Å². The van der Waals surface area contributed by atoms with Crippen LogP contribution in [0.3, 0.4) is 0 Å². The van der Waals surface area contributed by atoms with Crippen LogP contribution >= 0.6 is 11.6 Å². The van der Waals surface area contributed by atoms with E-state index in [1.807, 2.05) is 31.2 Å². The summed E-state index contributed by atoms with van der Waals surface area (Å²) in [5, 5.41) is 0.370. The summed E-state index contributed by atoms with van der Waals surface area (Å²) < 4.78 is 19.1. The highest BCUT2D eigenvalue weighted by atomic mass is 35.5. The fourth-order valence-electron chi connectivity index (χ4n) is 1.87. The summed E-state index contributed by atoms with van der Waals surface area (Å²) in [5.41, 5.74) is 7.36. The Balaban J connectivity index is 2.04. The van der Waals surface area contributed by atoms with Gasteiger partial charge in [0.25, 0.3) is 0 Å². The molecule has 0 aliphatic carbocycles. The number of halogens is 2. The Kier molecular flexibility index (Phi) is 4.99. The molecule has 0 radical (unpaired) electrons. The van der Waals surface area contributed by atoms with Gasteiger partial charge in [-0.3, -0.25) is 0 Å². The van der Waals surface area contributed by atoms with Crippen molar-refractivity contribution >= 4 is 11.6 Å². The molecular formula is C16H17ClFNO. The van der Waals surface area contributed by atoms with Crippen LogP contribution in [0.5, 0.6) is 5.75 Å². The third kappa shape index (κ3) is 3.50. The van der Waals surface area contributed by atoms with Crippen molar-refractivity contribution in [2.45, 2.75) is 26.0 Å². The zero-order valence-electron chi connectivity index (χ0n) is 11.3. The molecule has 2 rings (SSSR count). The van der Waals surface area contributed by atoms with Gasteiger partial charge in [0.1, 0.15) is 18.2 Å². The zero-order valence-corrected chi connectivity index (χ0v) is 12.0. The Hall–Kier alpha value is -1.58. The second-order valence-electron chi connectivity index (χ2n) is 4.57. The van der Waals surface area contributed by atoms with Crippen molar-refractivity contribution in [2.24, 2.45) is 5.73 Å². The molecule has 20 heavy (non-hydrogen) atoms. The molecule has 0 saturated heterocycles. The Bertz CT molecular complexity index is 551. The van der Waals surface area contributed by atoms with Crippen LogP contribution < -0.4 is 10.5 Å². The molecule has 106 valence electrons. The normalized spacial score (nSPS) is 12.2. The second kappa shape index (κ2) is 6.73. The van der Waals surface area contributed by atoms with E-state index in [-0.39, 0.29) is 18.5 Å². The Morgan fingerprint density at radius 2 is 1.90 bits per heavy atom. The maximum atomic E-state index is 13.6. The van der Waals surface area contributed by atoms with Crippen molar-refractivity contribution in [1.29, 1.82) is 0 Å². The first-order chi connectivity index (χ1) is 9.61. The fraction of sp³-hybridized carbons (Fsp3) is 0.250. The number of rotatable bonds is 5. The van der Waals surface area contributed by atoms with Crippen molar-refractivity contribution in [1.82, 2.24) is 0 Å². The highest BCUT2D eigenvalue weighted by molar-refractivity contribution is 6.31. The smallest absolute Gasteiger partial charge is 0.131 e. The van der Waals surface area contributed by atoms with Gasteiger partial charge in [-0.2, -0.15) is 0 Å². The predicted molar refractivity (Wildman–Crippen MR) is 79.4 cm³/mol. The SMILES string of the molecule is CCC(N)c1ccc(OCc2c(F)cccc2Cl)cc1. The lowest BCUT2D eigenvalue weighted by Crippen LogP contribution is -2.08. The van der Waals surface area contributed by atoms with E-state index >= 15 is 0 Å². The van der Waals surface area contributed by atoms with E-state index in [1.165, 1.54) is 6.07 Å². The van der Waals surface area contributed by atoms with Gasteiger partial charge >= 0.3 is 0 Å². The van der Waals surface area contributed by atoms with E-state index in [0.29, 0.717) is 16.3 Å². The van der Waals surface area contributed by atoms with E-state index in [0.717, 1.165) is 12.0 Å². The molecule has 2 aromatic carbocycles. The molecule has 0 aliphatic heterocycles. The molecule has 0 saturated carbocycles. The quantitative estimate of drug-likeness (QED) is 0.883. The molecule has 4 heteroatoms. The maximum Gasteiger partial charge on any atom is 0.131 e. The predicted octanol–water partition coefficient (Wildman–Crippen LogP) is 4.47. The van der Waals surface area contributed by atoms with Gasteiger partial charge in [-0.05, 0) is 36.2 Å². The highest BCUT2D eigenvalue weighted by Crippen LogP contribution is 2.23. The average Bonchev–Trinajstić information content (AvgIpc) is 2.46. The molecule has 2 aromatic rings. The molecular weight excluding hydrogens is 277 g/mol. The highest BCUT2D eigenvalue weighted by Gasteiger charge is 2.08. The van der Waals surface area contributed by atoms with Crippen LogP contribution in [0.2, 0.25) is 5.02 Å². The van der Waals surface area contributed by atoms with Crippen molar-refractivity contribution < 1.29 is 9.13 Å². The number of nitrogens with two attached hydrogens (primary N) is 1. The van der Waals surface area contributed by atoms with Gasteiger partial charge in [-0.25, -0.2) is 4.39 Å². The summed E-state index contributed by atoms with van der Waals surface area (Å²) in [6.07, 6.45) is 0.880. The van der Waals surface area contributed by atoms with Gasteiger partial charge < -0.3 is 10.5 Å². The molecule has 0 amide bonds. The van der Waals surface area contributed by atoms with Crippen LogP contribution in [0.15, 0.2) is 42.5 Å². The Morgan fingerprint density at radius 1 is 1.20 bits per heavy atom. The van der Waals surface area contributed by atoms with Crippen LogP contribution in [0.1, 0.15) is 30.5 Å². The van der Waals surface area contributed by atoms with E-state index < -0.39 is 0 Å². The van der Waals surface area contributed by atoms with E-state index in [2.05, 4.69) is 0 Å². The molecule has 0 aromatic heterocycles. The monoisotopic (exact) mass is 293 g/mol. The third-order valence-corrected chi connectivity index (χ3v) is 3.55. The van der Waals surface area contributed by atoms with Crippen LogP contribution in [-0.2, 0) is 6.61 Å². The van der Waals surface area contributed by atoms with Gasteiger partial charge in [0.15, 0.2) is 0 Å². The van der Waals surface area contributed by atoms with Crippen LogP contribution in [-0.4, -0.2) is 0 Å². The lowest BCUT2D eigenvalue weighted by atomic mass is 10.1. The van der Waals surface area contributed by atoms with Crippen molar-refractivity contribution in [3.8, 4) is 5.75 Å². The number of ether oxygens (including phenoxy) is 1. The topological polar surface area (TPSA) is 35.2 Å². The van der Waals surface area contributed by atoms with Crippen LogP contribution in [0.4, 0.5) is 4.39 Å². The fourth-order valence-corrected chi connectivity index (χ4v) is 2.09. The number of hydrogen-bond acceptors (Lipinski definition) is 2. The summed E-state index contributed by atoms with van der Waals surface area (Å²) in [7, 11) is 0. The molecule has 0 aliphatic rings. The minimum absolute atomic E-state index is 0.0325. The summed E-state index contributed by atoms with van der Waals surface area (Å²) in [5.74, 6) is 0.304. The van der Waals surface area contributed by atoms with E-state index in [9.17, 15) is 4.39 Å². The van der Waals surface area contributed by atoms with Gasteiger partial charge in [-0.15, -0.1) is 0 Å². The van der Waals surface area contributed by atoms with Crippen LogP contribution in [0.25, 0.3) is 0 Å². The van der Waals surface area contributed by atoms with Gasteiger partial charge in [0.05, 0.1) is 5.02 Å². The second-order valence-corrected chi connectivity index (χ2v) is 4.98. The summed E-state index contributed by atoms with van der Waals surface area (Å²) in [6, 6.07) is 12.1. The molecule has 0 heterocycles. The Morgan fingerprint density at radius 3 is 2.50 bits per heavy atom. The molecule has 2 nitrogen and oxygen atoms in total. The molecule has 1 atom stereocenters. The lowest BCUT2D eigenvalue weighted by molar-refractivity contribution is 0.300. The number of benzene rings is 2. The molecule has 0 fully saturated rings. The van der Waals surface area contributed by atoms with Crippen molar-refractivity contribution in [3.63, 3.8) is 0 Å². The van der Waals surface area contributed by atoms with Gasteiger partial charge in [-0.1, -0.05) is 36.7 Å². The lowest BCUT2D eigenvalue weighted by Gasteiger charge is -2.11. The molecule has 1 unspecified atom stereocenters. The molecule has 0 bridgehead atoms. The summed E-state index contributed by atoms with van der Waals surface area (Å²) >= 11 is 5.94. The Labute approximate surface area is 123 Å². The standard InChI is InChI=1S/C16H17ClFNO/c1-2-16(19)11-6-8-12(9-7-11)20-10-13-14(17)4-3-5-15(13)18/h3-9,16H,2,10,19H2,1H3. The maximum absolute atomic E-state index is 13.6. The van der Waals surface area contributed by atoms with E-state index in [4.69, 9.17) is 22.1 Å². The van der Waals surface area contributed by atoms with Crippen LogP contribution in [0, 0.1) is 5.82 Å². The minimum atomic E-state index is -0.359. The summed E-state index contributed by atoms with van der Waals surface area (Å²) in [4.78, 5) is 0. The zero-order chi connectivity index (χ0) is 14.5. The van der Waals surface area contributed by atoms with Crippen molar-refractivity contribution in [2.75, 3.05) is 0 Å². The molecule has 2 N–H and O–H groups in total. The van der Waals surface area contributed by atoms with E-state index in [1.54, 1.807) is 12.1 Å². The minimum Gasteiger partial charge on any atom is -0.489 e. The molecule has 0 spiro atoms. The third-order valence-electron chi connectivity index (χ3n) is 3.19. The van der Waals surface area contributed by atoms with Gasteiger partial charge in [0, 0.05) is 11.6 Å². The first-order valence-corrected chi connectivity index (χ1v) is 6.91. The summed E-state index contributed by atoms with van der Waals surface area (Å²) in [6.45, 7) is 2.14. The number of hydrogen-bond donors (Lipinski definition) is 1. The largest absolute Gasteiger partial charge is 0.489 e. The first-order valence-electron chi connectivity index (χ1n) is 6.53. The van der Waals surface area contributed by atoms with Crippen molar-refractivity contribution in [3.05, 3.63) is 64.4 Å². The average molecular weight is 294 g/mol.